The number of hydrogen-bond acceptors (Lipinski definition) is 2. The van der Waals surface area contributed by atoms with E-state index in [0.29, 0.717) is 11.2 Å². The van der Waals surface area contributed by atoms with E-state index in [0.717, 1.165) is 13.0 Å². The molecule has 0 fully saturated rings. The van der Waals surface area contributed by atoms with Gasteiger partial charge < -0.3 is 11.1 Å². The molecule has 104 valence electrons. The second-order valence-electron chi connectivity index (χ2n) is 5.91. The molecular weight excluding hydrogens is 254 g/mol. The third-order valence-corrected chi connectivity index (χ3v) is 4.27. The zero-order valence-electron chi connectivity index (χ0n) is 11.9. The fourth-order valence-electron chi connectivity index (χ4n) is 2.23. The second kappa shape index (κ2) is 5.87. The number of nitrogens with zero attached hydrogens (tertiary/aromatic N) is 1. The number of hydrogen-bond donors (Lipinski definition) is 2. The van der Waals surface area contributed by atoms with Gasteiger partial charge in [0.2, 0.25) is 0 Å². The lowest BCUT2D eigenvalue weighted by atomic mass is 10.0. The number of thioether (sulfide) groups is 1. The van der Waals surface area contributed by atoms with Crippen LogP contribution in [0.4, 0.5) is 0 Å². The molecule has 0 radical (unpaired) electrons. The number of aryl methyl sites for hydroxylation is 1. The van der Waals surface area contributed by atoms with E-state index < -0.39 is 0 Å². The molecule has 0 saturated heterocycles. The third kappa shape index (κ3) is 4.16. The largest absolute Gasteiger partial charge is 0.370 e. The summed E-state index contributed by atoms with van der Waals surface area (Å²) < 4.78 is 0. The highest BCUT2D eigenvalue weighted by Gasteiger charge is 2.20. The van der Waals surface area contributed by atoms with E-state index in [1.54, 1.807) is 0 Å². The zero-order chi connectivity index (χ0) is 13.9. The van der Waals surface area contributed by atoms with E-state index in [1.165, 1.54) is 16.9 Å². The van der Waals surface area contributed by atoms with Gasteiger partial charge in [0.05, 0.1) is 6.54 Å². The molecular formula is C15H23N3S. The molecule has 1 atom stereocenters. The van der Waals surface area contributed by atoms with Crippen LogP contribution in [0.15, 0.2) is 29.3 Å². The van der Waals surface area contributed by atoms with E-state index in [2.05, 4.69) is 55.3 Å². The first-order chi connectivity index (χ1) is 8.96. The van der Waals surface area contributed by atoms with Gasteiger partial charge in [0, 0.05) is 10.8 Å². The first-order valence-corrected chi connectivity index (χ1v) is 7.78. The molecule has 1 aromatic rings. The van der Waals surface area contributed by atoms with Crippen LogP contribution in [0.1, 0.15) is 37.1 Å². The molecule has 0 bridgehead atoms. The van der Waals surface area contributed by atoms with Crippen molar-refractivity contribution >= 4 is 17.7 Å². The summed E-state index contributed by atoms with van der Waals surface area (Å²) in [6, 6.07) is 8.67. The average Bonchev–Trinajstić information content (AvgIpc) is 2.34. The summed E-state index contributed by atoms with van der Waals surface area (Å²) in [6.45, 7) is 7.00. The van der Waals surface area contributed by atoms with Crippen LogP contribution in [-0.2, 0) is 6.42 Å². The predicted octanol–water partition coefficient (Wildman–Crippen LogP) is 2.72. The molecule has 2 rings (SSSR count). The molecule has 1 aliphatic heterocycles. The minimum absolute atomic E-state index is 0.0365. The SMILES string of the molecule is CC(C)(C)NC(N)=NCC1SCCc2ccccc21. The van der Waals surface area contributed by atoms with Crippen molar-refractivity contribution in [1.29, 1.82) is 0 Å². The van der Waals surface area contributed by atoms with Crippen molar-refractivity contribution in [2.45, 2.75) is 38.0 Å². The Hall–Kier alpha value is -1.16. The van der Waals surface area contributed by atoms with Crippen LogP contribution in [-0.4, -0.2) is 23.8 Å². The first-order valence-electron chi connectivity index (χ1n) is 6.73. The average molecular weight is 277 g/mol. The van der Waals surface area contributed by atoms with Crippen molar-refractivity contribution in [3.63, 3.8) is 0 Å². The van der Waals surface area contributed by atoms with Crippen LogP contribution in [0.5, 0.6) is 0 Å². The van der Waals surface area contributed by atoms with Gasteiger partial charge in [-0.05, 0) is 44.1 Å². The Kier molecular flexibility index (Phi) is 4.40. The van der Waals surface area contributed by atoms with Crippen LogP contribution >= 0.6 is 11.8 Å². The molecule has 1 unspecified atom stereocenters. The Labute approximate surface area is 120 Å². The normalized spacial score (nSPS) is 19.9. The maximum atomic E-state index is 5.93. The van der Waals surface area contributed by atoms with Gasteiger partial charge in [-0.2, -0.15) is 11.8 Å². The molecule has 1 aromatic carbocycles. The molecule has 19 heavy (non-hydrogen) atoms. The summed E-state index contributed by atoms with van der Waals surface area (Å²) in [7, 11) is 0. The van der Waals surface area contributed by atoms with Crippen molar-refractivity contribution in [3.8, 4) is 0 Å². The van der Waals surface area contributed by atoms with Gasteiger partial charge in [-0.3, -0.25) is 4.99 Å². The Morgan fingerprint density at radius 1 is 1.42 bits per heavy atom. The summed E-state index contributed by atoms with van der Waals surface area (Å²) in [5.74, 6) is 1.71. The van der Waals surface area contributed by atoms with E-state index in [-0.39, 0.29) is 5.54 Å². The van der Waals surface area contributed by atoms with Gasteiger partial charge in [0.25, 0.3) is 0 Å². The number of rotatable bonds is 2. The van der Waals surface area contributed by atoms with E-state index in [4.69, 9.17) is 5.73 Å². The third-order valence-electron chi connectivity index (χ3n) is 3.02. The monoisotopic (exact) mass is 277 g/mol. The summed E-state index contributed by atoms with van der Waals surface area (Å²) in [4.78, 5) is 4.49. The molecule has 0 aliphatic carbocycles. The standard InChI is InChI=1S/C15H23N3S/c1-15(2,3)18-14(16)17-10-13-12-7-5-4-6-11(12)8-9-19-13/h4-7,13H,8-10H2,1-3H3,(H3,16,17,18). The molecule has 1 heterocycles. The highest BCUT2D eigenvalue weighted by molar-refractivity contribution is 7.99. The molecule has 0 aromatic heterocycles. The highest BCUT2D eigenvalue weighted by Crippen LogP contribution is 2.36. The molecule has 0 saturated carbocycles. The summed E-state index contributed by atoms with van der Waals surface area (Å²) in [5.41, 5.74) is 8.77. The molecule has 3 N–H and O–H groups in total. The van der Waals surface area contributed by atoms with Crippen LogP contribution in [0.2, 0.25) is 0 Å². The quantitative estimate of drug-likeness (QED) is 0.645. The number of guanidine groups is 1. The lowest BCUT2D eigenvalue weighted by Crippen LogP contribution is -2.45. The predicted molar refractivity (Wildman–Crippen MR) is 84.7 cm³/mol. The maximum absolute atomic E-state index is 5.93. The van der Waals surface area contributed by atoms with Gasteiger partial charge in [-0.1, -0.05) is 24.3 Å². The molecule has 0 amide bonds. The van der Waals surface area contributed by atoms with Crippen molar-refractivity contribution in [2.75, 3.05) is 12.3 Å². The van der Waals surface area contributed by atoms with E-state index in [9.17, 15) is 0 Å². The van der Waals surface area contributed by atoms with Gasteiger partial charge >= 0.3 is 0 Å². The Morgan fingerprint density at radius 3 is 2.89 bits per heavy atom. The number of benzene rings is 1. The topological polar surface area (TPSA) is 50.4 Å². The fourth-order valence-corrected chi connectivity index (χ4v) is 3.44. The van der Waals surface area contributed by atoms with Gasteiger partial charge in [-0.25, -0.2) is 0 Å². The second-order valence-corrected chi connectivity index (χ2v) is 7.22. The Balaban J connectivity index is 2.03. The van der Waals surface area contributed by atoms with Crippen LogP contribution < -0.4 is 11.1 Å². The van der Waals surface area contributed by atoms with Gasteiger partial charge in [0.15, 0.2) is 5.96 Å². The van der Waals surface area contributed by atoms with Crippen molar-refractivity contribution in [3.05, 3.63) is 35.4 Å². The first kappa shape index (κ1) is 14.3. The lowest BCUT2D eigenvalue weighted by Gasteiger charge is -2.25. The highest BCUT2D eigenvalue weighted by atomic mass is 32.2. The summed E-state index contributed by atoms with van der Waals surface area (Å²) >= 11 is 1.98. The van der Waals surface area contributed by atoms with Crippen LogP contribution in [0.25, 0.3) is 0 Å². The lowest BCUT2D eigenvalue weighted by molar-refractivity contribution is 0.508. The maximum Gasteiger partial charge on any atom is 0.189 e. The molecule has 1 aliphatic rings. The number of fused-ring (bicyclic) bond motifs is 1. The van der Waals surface area contributed by atoms with Crippen molar-refractivity contribution in [1.82, 2.24) is 5.32 Å². The molecule has 0 spiro atoms. The van der Waals surface area contributed by atoms with Crippen LogP contribution in [0.3, 0.4) is 0 Å². The summed E-state index contributed by atoms with van der Waals surface area (Å²) in [5, 5.41) is 3.64. The minimum atomic E-state index is -0.0365. The minimum Gasteiger partial charge on any atom is -0.370 e. The zero-order valence-corrected chi connectivity index (χ0v) is 12.8. The van der Waals surface area contributed by atoms with Gasteiger partial charge in [-0.15, -0.1) is 0 Å². The number of nitrogens with one attached hydrogen (secondary N) is 1. The summed E-state index contributed by atoms with van der Waals surface area (Å²) in [6.07, 6.45) is 1.16. The molecule has 4 heteroatoms. The smallest absolute Gasteiger partial charge is 0.189 e. The number of nitrogens with two attached hydrogens (primary N) is 1. The van der Waals surface area contributed by atoms with E-state index in [1.807, 2.05) is 11.8 Å². The van der Waals surface area contributed by atoms with Crippen molar-refractivity contribution in [2.24, 2.45) is 10.7 Å². The van der Waals surface area contributed by atoms with E-state index >= 15 is 0 Å². The molecule has 3 nitrogen and oxygen atoms in total. The number of aliphatic imine (C=N–C) groups is 1. The van der Waals surface area contributed by atoms with Crippen LogP contribution in [0, 0.1) is 0 Å². The van der Waals surface area contributed by atoms with Crippen molar-refractivity contribution < 1.29 is 0 Å². The van der Waals surface area contributed by atoms with Gasteiger partial charge in [0.1, 0.15) is 0 Å². The Bertz CT molecular complexity index is 463. The Morgan fingerprint density at radius 2 is 2.16 bits per heavy atom. The fraction of sp³-hybridized carbons (Fsp3) is 0.533.